The number of aromatic nitrogens is 2. The zero-order chi connectivity index (χ0) is 22.2. The van der Waals surface area contributed by atoms with E-state index in [4.69, 9.17) is 0 Å². The highest BCUT2D eigenvalue weighted by Gasteiger charge is 2.33. The monoisotopic (exact) mass is 445 g/mol. The number of hydrogen-bond acceptors (Lipinski definition) is 5. The topological polar surface area (TPSA) is 82.2 Å². The van der Waals surface area contributed by atoms with Crippen molar-refractivity contribution in [1.82, 2.24) is 18.8 Å². The van der Waals surface area contributed by atoms with Gasteiger partial charge in [0.2, 0.25) is 10.0 Å². The lowest BCUT2D eigenvalue weighted by Crippen LogP contribution is -2.49. The Morgan fingerprint density at radius 3 is 2.35 bits per heavy atom. The normalized spacial score (nSPS) is 17.1. The number of imidazole rings is 1. The Bertz CT molecular complexity index is 1240. The zero-order valence-electron chi connectivity index (χ0n) is 16.8. The molecule has 4 rings (SSSR count). The summed E-state index contributed by atoms with van der Waals surface area (Å²) < 4.78 is 55.9. The molecule has 0 aliphatic carbocycles. The number of piperazine rings is 1. The molecule has 3 aromatic rings. The fourth-order valence-corrected chi connectivity index (χ4v) is 5.54. The largest absolute Gasteiger partial charge is 0.320 e. The van der Waals surface area contributed by atoms with Crippen molar-refractivity contribution in [3.63, 3.8) is 0 Å². The van der Waals surface area contributed by atoms with Crippen LogP contribution in [0.5, 0.6) is 0 Å². The van der Waals surface area contributed by atoms with Crippen molar-refractivity contribution >= 4 is 21.1 Å². The molecule has 1 saturated heterocycles. The zero-order valence-corrected chi connectivity index (χ0v) is 17.6. The first-order valence-electron chi connectivity index (χ1n) is 9.83. The third-order valence-corrected chi connectivity index (χ3v) is 7.60. The molecule has 0 radical (unpaired) electrons. The second-order valence-corrected chi connectivity index (χ2v) is 9.24. The van der Waals surface area contributed by atoms with E-state index < -0.39 is 22.6 Å². The second kappa shape index (κ2) is 8.34. The minimum atomic E-state index is -3.82. The summed E-state index contributed by atoms with van der Waals surface area (Å²) in [4.78, 5) is 6.35. The number of rotatable bonds is 5. The van der Waals surface area contributed by atoms with Gasteiger partial charge in [-0.3, -0.25) is 9.47 Å². The molecule has 0 amide bonds. The molecule has 162 valence electrons. The maximum absolute atomic E-state index is 13.8. The van der Waals surface area contributed by atoms with Crippen LogP contribution in [0.25, 0.3) is 11.0 Å². The molecule has 0 saturated carbocycles. The second-order valence-electron chi connectivity index (χ2n) is 7.33. The fraction of sp³-hybridized carbons (Fsp3) is 0.333. The predicted molar refractivity (Wildman–Crippen MR) is 111 cm³/mol. The van der Waals surface area contributed by atoms with Crippen molar-refractivity contribution < 1.29 is 17.2 Å². The number of fused-ring (bicyclic) bond motifs is 1. The summed E-state index contributed by atoms with van der Waals surface area (Å²) >= 11 is 0. The third kappa shape index (κ3) is 3.80. The quantitative estimate of drug-likeness (QED) is 0.601. The van der Waals surface area contributed by atoms with Gasteiger partial charge in [0, 0.05) is 26.2 Å². The van der Waals surface area contributed by atoms with Crippen LogP contribution in [0, 0.1) is 11.3 Å². The SMILES string of the molecule is C[C@H](c1nc2ccccc2n1C(F)F)N1CCN(S(=O)(=O)c2ccccc2C#N)CC1. The van der Waals surface area contributed by atoms with E-state index in [-0.39, 0.29) is 29.4 Å². The number of sulfonamides is 1. The number of benzene rings is 2. The first kappa shape index (κ1) is 21.4. The van der Waals surface area contributed by atoms with Crippen LogP contribution in [-0.2, 0) is 10.0 Å². The van der Waals surface area contributed by atoms with Crippen LogP contribution in [0.3, 0.4) is 0 Å². The molecule has 2 aromatic carbocycles. The standard InChI is InChI=1S/C21H21F2N5O2S/c1-15(20-25-17-7-3-4-8-18(17)28(20)21(22)23)26-10-12-27(13-11-26)31(29,30)19-9-5-2-6-16(19)14-24/h2-9,15,21H,10-13H2,1H3/t15-/m1/s1. The van der Waals surface area contributed by atoms with E-state index in [1.165, 1.54) is 16.4 Å². The van der Waals surface area contributed by atoms with Crippen molar-refractivity contribution in [2.45, 2.75) is 24.4 Å². The van der Waals surface area contributed by atoms with Crippen LogP contribution in [0.2, 0.25) is 0 Å². The smallest absolute Gasteiger partial charge is 0.291 e. The lowest BCUT2D eigenvalue weighted by molar-refractivity contribution is 0.0616. The van der Waals surface area contributed by atoms with Gasteiger partial charge in [-0.1, -0.05) is 24.3 Å². The summed E-state index contributed by atoms with van der Waals surface area (Å²) in [6.45, 7) is 0.190. The molecule has 0 N–H and O–H groups in total. The summed E-state index contributed by atoms with van der Waals surface area (Å²) in [5.41, 5.74) is 0.969. The highest BCUT2D eigenvalue weighted by atomic mass is 32.2. The molecule has 0 unspecified atom stereocenters. The summed E-state index contributed by atoms with van der Waals surface area (Å²) in [5, 5.41) is 9.24. The molecular formula is C21H21F2N5O2S. The molecule has 1 aliphatic heterocycles. The maximum atomic E-state index is 13.8. The molecule has 1 aliphatic rings. The minimum absolute atomic E-state index is 0.0153. The average molecular weight is 445 g/mol. The molecular weight excluding hydrogens is 424 g/mol. The fourth-order valence-electron chi connectivity index (χ4n) is 3.98. The van der Waals surface area contributed by atoms with Gasteiger partial charge in [-0.2, -0.15) is 18.3 Å². The number of nitriles is 1. The van der Waals surface area contributed by atoms with Gasteiger partial charge in [-0.25, -0.2) is 13.4 Å². The van der Waals surface area contributed by atoms with Crippen molar-refractivity contribution in [2.24, 2.45) is 0 Å². The van der Waals surface area contributed by atoms with Gasteiger partial charge in [0.15, 0.2) is 0 Å². The van der Waals surface area contributed by atoms with Gasteiger partial charge in [-0.05, 0) is 31.2 Å². The summed E-state index contributed by atoms with van der Waals surface area (Å²) in [6.07, 6.45) is 0. The average Bonchev–Trinajstić information content (AvgIpc) is 3.18. The van der Waals surface area contributed by atoms with Crippen LogP contribution < -0.4 is 0 Å². The first-order chi connectivity index (χ1) is 14.8. The van der Waals surface area contributed by atoms with E-state index in [9.17, 15) is 22.5 Å². The molecule has 2 heterocycles. The van der Waals surface area contributed by atoms with Crippen molar-refractivity contribution in [2.75, 3.05) is 26.2 Å². The Morgan fingerprint density at radius 1 is 1.03 bits per heavy atom. The number of nitrogens with zero attached hydrogens (tertiary/aromatic N) is 5. The van der Waals surface area contributed by atoms with E-state index in [1.807, 2.05) is 11.0 Å². The van der Waals surface area contributed by atoms with Gasteiger partial charge in [0.25, 0.3) is 0 Å². The van der Waals surface area contributed by atoms with E-state index in [2.05, 4.69) is 4.98 Å². The van der Waals surface area contributed by atoms with Crippen LogP contribution in [-0.4, -0.2) is 53.4 Å². The van der Waals surface area contributed by atoms with E-state index in [0.717, 1.165) is 4.57 Å². The van der Waals surface area contributed by atoms with Crippen molar-refractivity contribution in [3.8, 4) is 6.07 Å². The van der Waals surface area contributed by atoms with Crippen LogP contribution in [0.4, 0.5) is 8.78 Å². The summed E-state index contributed by atoms with van der Waals surface area (Å²) in [5.74, 6) is 0.252. The van der Waals surface area contributed by atoms with Gasteiger partial charge in [0.05, 0.1) is 27.5 Å². The lowest BCUT2D eigenvalue weighted by Gasteiger charge is -2.37. The Kier molecular flexibility index (Phi) is 5.75. The van der Waals surface area contributed by atoms with Gasteiger partial charge in [-0.15, -0.1) is 0 Å². The van der Waals surface area contributed by atoms with E-state index in [0.29, 0.717) is 24.1 Å². The molecule has 7 nitrogen and oxygen atoms in total. The van der Waals surface area contributed by atoms with Gasteiger partial charge < -0.3 is 0 Å². The molecule has 10 heteroatoms. The molecule has 1 aromatic heterocycles. The molecule has 0 spiro atoms. The van der Waals surface area contributed by atoms with Crippen LogP contribution in [0.1, 0.15) is 30.9 Å². The van der Waals surface area contributed by atoms with Crippen molar-refractivity contribution in [3.05, 3.63) is 59.9 Å². The molecule has 1 fully saturated rings. The first-order valence-corrected chi connectivity index (χ1v) is 11.3. The Balaban J connectivity index is 1.55. The van der Waals surface area contributed by atoms with Gasteiger partial charge in [0.1, 0.15) is 11.9 Å². The van der Waals surface area contributed by atoms with E-state index >= 15 is 0 Å². The van der Waals surface area contributed by atoms with Crippen molar-refractivity contribution in [1.29, 1.82) is 5.26 Å². The Hall–Kier alpha value is -2.87. The number of halogens is 2. The van der Waals surface area contributed by atoms with Crippen LogP contribution >= 0.6 is 0 Å². The number of para-hydroxylation sites is 2. The van der Waals surface area contributed by atoms with E-state index in [1.54, 1.807) is 43.3 Å². The lowest BCUT2D eigenvalue weighted by atomic mass is 10.2. The number of alkyl halides is 2. The van der Waals surface area contributed by atoms with Crippen LogP contribution in [0.15, 0.2) is 53.4 Å². The Labute approximate surface area is 179 Å². The minimum Gasteiger partial charge on any atom is -0.291 e. The molecule has 0 bridgehead atoms. The summed E-state index contributed by atoms with van der Waals surface area (Å²) in [7, 11) is -3.82. The highest BCUT2D eigenvalue weighted by molar-refractivity contribution is 7.89. The Morgan fingerprint density at radius 2 is 1.68 bits per heavy atom. The predicted octanol–water partition coefficient (Wildman–Crippen LogP) is 3.37. The molecule has 1 atom stereocenters. The number of hydrogen-bond donors (Lipinski definition) is 0. The van der Waals surface area contributed by atoms with Gasteiger partial charge >= 0.3 is 6.55 Å². The highest BCUT2D eigenvalue weighted by Crippen LogP contribution is 2.30. The summed E-state index contributed by atoms with van der Waals surface area (Å²) in [6, 6.07) is 14.4. The maximum Gasteiger partial charge on any atom is 0.320 e. The molecule has 31 heavy (non-hydrogen) atoms. The third-order valence-electron chi connectivity index (χ3n) is 5.64.